The lowest BCUT2D eigenvalue weighted by Gasteiger charge is -2.39. The van der Waals surface area contributed by atoms with Gasteiger partial charge in [-0.15, -0.1) is 0 Å². The number of carbonyl (C=O) groups is 1. The van der Waals surface area contributed by atoms with Gasteiger partial charge in [0.2, 0.25) is 0 Å². The van der Waals surface area contributed by atoms with Crippen molar-refractivity contribution in [3.8, 4) is 6.07 Å². The Morgan fingerprint density at radius 3 is 2.51 bits per heavy atom. The Balaban J connectivity index is 1.19. The molecule has 5 nitrogen and oxygen atoms in total. The molecule has 0 bridgehead atoms. The molecule has 2 heterocycles. The number of hydrogen-bond donors (Lipinski definition) is 1. The molecule has 37 heavy (non-hydrogen) atoms. The maximum Gasteiger partial charge on any atom is 0.322 e. The zero-order valence-electron chi connectivity index (χ0n) is 21.1. The monoisotopic (exact) mass is 496 g/mol. The number of nitrogens with one attached hydrogen (secondary N) is 1. The van der Waals surface area contributed by atoms with E-state index in [2.05, 4.69) is 34.5 Å². The summed E-state index contributed by atoms with van der Waals surface area (Å²) in [5, 5.41) is 12.2. The van der Waals surface area contributed by atoms with E-state index in [0.717, 1.165) is 51.7 Å². The van der Waals surface area contributed by atoms with Gasteiger partial charge in [0.1, 0.15) is 5.82 Å². The third-order valence-electron chi connectivity index (χ3n) is 7.78. The van der Waals surface area contributed by atoms with Crippen molar-refractivity contribution in [2.75, 3.05) is 25.0 Å². The lowest BCUT2D eigenvalue weighted by atomic mass is 9.89. The Hall–Kier alpha value is -3.69. The fourth-order valence-corrected chi connectivity index (χ4v) is 5.64. The molecule has 2 aliphatic rings. The maximum atomic E-state index is 13.4. The quantitative estimate of drug-likeness (QED) is 0.455. The molecule has 0 aromatic heterocycles. The number of rotatable bonds is 6. The fourth-order valence-electron chi connectivity index (χ4n) is 5.64. The number of nitriles is 1. The van der Waals surface area contributed by atoms with Gasteiger partial charge in [-0.2, -0.15) is 5.26 Å². The van der Waals surface area contributed by atoms with E-state index in [-0.39, 0.29) is 17.9 Å². The summed E-state index contributed by atoms with van der Waals surface area (Å²) in [4.78, 5) is 17.9. The lowest BCUT2D eigenvalue weighted by molar-refractivity contribution is 0.141. The molecule has 1 atom stereocenters. The van der Waals surface area contributed by atoms with Crippen LogP contribution < -0.4 is 5.32 Å². The van der Waals surface area contributed by atoms with Gasteiger partial charge in [0.05, 0.1) is 11.6 Å². The van der Waals surface area contributed by atoms with Crippen LogP contribution in [0.2, 0.25) is 0 Å². The van der Waals surface area contributed by atoms with Crippen molar-refractivity contribution in [3.63, 3.8) is 0 Å². The molecule has 3 aromatic carbocycles. The van der Waals surface area contributed by atoms with Crippen LogP contribution in [0, 0.1) is 23.1 Å². The predicted octanol–water partition coefficient (Wildman–Crippen LogP) is 6.00. The second-order valence-electron chi connectivity index (χ2n) is 10.3. The van der Waals surface area contributed by atoms with E-state index in [4.69, 9.17) is 0 Å². The van der Waals surface area contributed by atoms with E-state index in [0.29, 0.717) is 23.7 Å². The number of fused-ring (bicyclic) bond motifs is 1. The summed E-state index contributed by atoms with van der Waals surface area (Å²) in [5.41, 5.74) is 4.90. The molecule has 0 aliphatic carbocycles. The third-order valence-corrected chi connectivity index (χ3v) is 7.78. The summed E-state index contributed by atoms with van der Waals surface area (Å²) in [6.45, 7) is 3.67. The van der Waals surface area contributed by atoms with Gasteiger partial charge in [-0.25, -0.2) is 9.18 Å². The summed E-state index contributed by atoms with van der Waals surface area (Å²) < 4.78 is 13.2. The minimum Gasteiger partial charge on any atom is -0.317 e. The number of hydrogen-bond acceptors (Lipinski definition) is 3. The van der Waals surface area contributed by atoms with Gasteiger partial charge in [-0.05, 0) is 98.1 Å². The van der Waals surface area contributed by atoms with Gasteiger partial charge < -0.3 is 15.1 Å². The van der Waals surface area contributed by atoms with E-state index >= 15 is 0 Å². The maximum absolute atomic E-state index is 13.4. The van der Waals surface area contributed by atoms with Crippen LogP contribution >= 0.6 is 0 Å². The van der Waals surface area contributed by atoms with E-state index < -0.39 is 0 Å². The molecule has 1 fully saturated rings. The average Bonchev–Trinajstić information content (AvgIpc) is 2.93. The normalized spacial score (nSPS) is 18.2. The molecule has 1 saturated heterocycles. The van der Waals surface area contributed by atoms with Crippen LogP contribution in [0.4, 0.5) is 14.9 Å². The van der Waals surface area contributed by atoms with Gasteiger partial charge in [0, 0.05) is 24.8 Å². The van der Waals surface area contributed by atoms with Crippen LogP contribution in [0.5, 0.6) is 0 Å². The molecule has 0 radical (unpaired) electrons. The zero-order chi connectivity index (χ0) is 25.6. The zero-order valence-corrected chi connectivity index (χ0v) is 21.1. The van der Waals surface area contributed by atoms with E-state index in [1.165, 1.54) is 16.7 Å². The minimum atomic E-state index is -0.178. The molecule has 2 aliphatic heterocycles. The highest BCUT2D eigenvalue weighted by molar-refractivity contribution is 5.90. The number of amides is 2. The van der Waals surface area contributed by atoms with Crippen LogP contribution in [0.3, 0.4) is 0 Å². The first-order valence-electron chi connectivity index (χ1n) is 13.2. The smallest absolute Gasteiger partial charge is 0.317 e. The van der Waals surface area contributed by atoms with Gasteiger partial charge >= 0.3 is 6.03 Å². The summed E-state index contributed by atoms with van der Waals surface area (Å²) in [6.07, 6.45) is 5.06. The highest BCUT2D eigenvalue weighted by atomic mass is 19.1. The van der Waals surface area contributed by atoms with E-state index in [9.17, 15) is 14.4 Å². The van der Waals surface area contributed by atoms with Crippen molar-refractivity contribution in [1.82, 2.24) is 9.80 Å². The second-order valence-corrected chi connectivity index (χ2v) is 10.3. The standard InChI is InChI=1S/C31H33FN4O/c32-28-10-8-23(9-11-28)18-24-12-15-35(16-13-24)17-14-30-20-26-5-1-2-6-27(26)22-36(30)31(37)34-29-7-3-4-25(19-29)21-33/h1-11,19,24,30H,12-18,20,22H2,(H,34,37). The van der Waals surface area contributed by atoms with Crippen LogP contribution in [0.25, 0.3) is 0 Å². The van der Waals surface area contributed by atoms with Crippen molar-refractivity contribution in [2.45, 2.75) is 44.7 Å². The van der Waals surface area contributed by atoms with Crippen LogP contribution in [0.15, 0.2) is 72.8 Å². The molecule has 0 spiro atoms. The van der Waals surface area contributed by atoms with Crippen molar-refractivity contribution in [2.24, 2.45) is 5.92 Å². The van der Waals surface area contributed by atoms with Crippen molar-refractivity contribution >= 4 is 11.7 Å². The largest absolute Gasteiger partial charge is 0.322 e. The Morgan fingerprint density at radius 2 is 1.76 bits per heavy atom. The van der Waals surface area contributed by atoms with Crippen LogP contribution in [-0.4, -0.2) is 41.5 Å². The Kier molecular flexibility index (Phi) is 7.82. The highest BCUT2D eigenvalue weighted by Gasteiger charge is 2.30. The molecule has 5 rings (SSSR count). The predicted molar refractivity (Wildman–Crippen MR) is 144 cm³/mol. The number of halogens is 1. The second kappa shape index (κ2) is 11.6. The molecule has 3 aromatic rings. The third kappa shape index (κ3) is 6.36. The molecule has 1 N–H and O–H groups in total. The number of likely N-dealkylation sites (tertiary alicyclic amines) is 1. The lowest BCUT2D eigenvalue weighted by Crippen LogP contribution is -2.48. The number of urea groups is 1. The molecule has 1 unspecified atom stereocenters. The number of anilines is 1. The van der Waals surface area contributed by atoms with Crippen LogP contribution in [0.1, 0.15) is 41.5 Å². The Labute approximate surface area is 218 Å². The molecule has 2 amide bonds. The molecular formula is C31H33FN4O. The SMILES string of the molecule is N#Cc1cccc(NC(=O)N2Cc3ccccc3CC2CCN2CCC(Cc3ccc(F)cc3)CC2)c1. The summed E-state index contributed by atoms with van der Waals surface area (Å²) >= 11 is 0. The summed E-state index contributed by atoms with van der Waals surface area (Å²) in [5.74, 6) is 0.456. The number of carbonyl (C=O) groups excluding carboxylic acids is 1. The fraction of sp³-hybridized carbons (Fsp3) is 0.355. The van der Waals surface area contributed by atoms with Gasteiger partial charge in [-0.1, -0.05) is 42.5 Å². The number of benzene rings is 3. The molecule has 6 heteroatoms. The summed E-state index contributed by atoms with van der Waals surface area (Å²) in [7, 11) is 0. The average molecular weight is 497 g/mol. The highest BCUT2D eigenvalue weighted by Crippen LogP contribution is 2.28. The molecular weight excluding hydrogens is 463 g/mol. The van der Waals surface area contributed by atoms with E-state index in [1.807, 2.05) is 29.2 Å². The van der Waals surface area contributed by atoms with Crippen LogP contribution in [-0.2, 0) is 19.4 Å². The topological polar surface area (TPSA) is 59.4 Å². The first kappa shape index (κ1) is 25.0. The Morgan fingerprint density at radius 1 is 1.00 bits per heavy atom. The Bertz CT molecular complexity index is 1260. The van der Waals surface area contributed by atoms with Gasteiger partial charge in [0.25, 0.3) is 0 Å². The van der Waals surface area contributed by atoms with Crippen molar-refractivity contribution in [1.29, 1.82) is 5.26 Å². The van der Waals surface area contributed by atoms with E-state index in [1.54, 1.807) is 30.3 Å². The van der Waals surface area contributed by atoms with Gasteiger partial charge in [0.15, 0.2) is 0 Å². The first-order chi connectivity index (χ1) is 18.1. The molecule has 190 valence electrons. The van der Waals surface area contributed by atoms with Crippen molar-refractivity contribution in [3.05, 3.63) is 101 Å². The van der Waals surface area contributed by atoms with Gasteiger partial charge in [-0.3, -0.25) is 0 Å². The first-order valence-corrected chi connectivity index (χ1v) is 13.2. The number of piperidine rings is 1. The number of nitrogens with zero attached hydrogens (tertiary/aromatic N) is 3. The summed E-state index contributed by atoms with van der Waals surface area (Å²) in [6, 6.07) is 24.5. The van der Waals surface area contributed by atoms with Crippen molar-refractivity contribution < 1.29 is 9.18 Å². The molecule has 0 saturated carbocycles. The minimum absolute atomic E-state index is 0.117.